The molecule has 1 fully saturated rings. The SMILES string of the molecule is C[C@H]1CCCCC1N(C(=O)c1ccc(Cl)cc1Cl)c1cc(-c2ccccc2)sc1C(=O)O. The van der Waals surface area contributed by atoms with Crippen LogP contribution in [0.2, 0.25) is 10.0 Å². The standard InChI is InChI=1S/C25H23Cl2NO3S/c1-15-7-5-6-10-20(15)28(24(29)18-12-11-17(26)13-19(18)27)21-14-22(32-23(21)25(30)31)16-8-3-2-4-9-16/h2-4,8-9,11-15,20H,5-7,10H2,1H3,(H,30,31)/t15-,20?/m0/s1. The molecule has 1 aromatic heterocycles. The van der Waals surface area contributed by atoms with Gasteiger partial charge in [-0.1, -0.05) is 73.3 Å². The highest BCUT2D eigenvalue weighted by molar-refractivity contribution is 7.18. The second-order valence-electron chi connectivity index (χ2n) is 8.12. The van der Waals surface area contributed by atoms with Gasteiger partial charge in [-0.15, -0.1) is 11.3 Å². The summed E-state index contributed by atoms with van der Waals surface area (Å²) in [6.07, 6.45) is 3.89. The van der Waals surface area contributed by atoms with Gasteiger partial charge in [0.15, 0.2) is 0 Å². The van der Waals surface area contributed by atoms with Crippen molar-refractivity contribution in [3.8, 4) is 10.4 Å². The number of carbonyl (C=O) groups excluding carboxylic acids is 1. The molecule has 0 bridgehead atoms. The molecule has 2 aromatic carbocycles. The van der Waals surface area contributed by atoms with E-state index in [9.17, 15) is 14.7 Å². The Morgan fingerprint density at radius 2 is 1.75 bits per heavy atom. The number of hydrogen-bond acceptors (Lipinski definition) is 3. The van der Waals surface area contributed by atoms with Crippen molar-refractivity contribution in [2.75, 3.05) is 4.90 Å². The van der Waals surface area contributed by atoms with Gasteiger partial charge in [0, 0.05) is 15.9 Å². The van der Waals surface area contributed by atoms with Gasteiger partial charge < -0.3 is 10.0 Å². The van der Waals surface area contributed by atoms with E-state index in [2.05, 4.69) is 6.92 Å². The first kappa shape index (κ1) is 22.8. The van der Waals surface area contributed by atoms with Crippen LogP contribution in [0.25, 0.3) is 10.4 Å². The van der Waals surface area contributed by atoms with Crippen molar-refractivity contribution >= 4 is 52.1 Å². The maximum atomic E-state index is 13.9. The number of hydrogen-bond donors (Lipinski definition) is 1. The summed E-state index contributed by atoms with van der Waals surface area (Å²) in [6.45, 7) is 2.12. The van der Waals surface area contributed by atoms with Crippen molar-refractivity contribution < 1.29 is 14.7 Å². The summed E-state index contributed by atoms with van der Waals surface area (Å²) in [5.74, 6) is -1.11. The summed E-state index contributed by atoms with van der Waals surface area (Å²) in [4.78, 5) is 28.7. The third kappa shape index (κ3) is 4.56. The summed E-state index contributed by atoms with van der Waals surface area (Å²) >= 11 is 13.6. The monoisotopic (exact) mass is 487 g/mol. The number of amides is 1. The van der Waals surface area contributed by atoms with Crippen molar-refractivity contribution in [1.29, 1.82) is 0 Å². The van der Waals surface area contributed by atoms with Gasteiger partial charge in [-0.25, -0.2) is 4.79 Å². The van der Waals surface area contributed by atoms with Crippen LogP contribution in [0.4, 0.5) is 5.69 Å². The van der Waals surface area contributed by atoms with Crippen LogP contribution in [-0.2, 0) is 0 Å². The lowest BCUT2D eigenvalue weighted by molar-refractivity contribution is 0.0702. The molecule has 4 rings (SSSR count). The number of halogens is 2. The summed E-state index contributed by atoms with van der Waals surface area (Å²) in [5.41, 5.74) is 1.66. The zero-order valence-electron chi connectivity index (χ0n) is 17.6. The van der Waals surface area contributed by atoms with Crippen molar-refractivity contribution in [2.24, 2.45) is 5.92 Å². The minimum absolute atomic E-state index is 0.112. The minimum atomic E-state index is -1.05. The molecule has 3 aromatic rings. The molecule has 2 atom stereocenters. The Hall–Kier alpha value is -2.34. The lowest BCUT2D eigenvalue weighted by atomic mass is 9.84. The third-order valence-corrected chi connectivity index (χ3v) is 7.71. The van der Waals surface area contributed by atoms with Crippen molar-refractivity contribution in [3.05, 3.63) is 75.1 Å². The Bertz CT molecular complexity index is 1150. The maximum Gasteiger partial charge on any atom is 0.348 e. The molecule has 1 aliphatic rings. The first-order chi connectivity index (χ1) is 15.4. The molecule has 1 amide bonds. The fourth-order valence-corrected chi connectivity index (χ4v) is 5.85. The second kappa shape index (κ2) is 9.65. The maximum absolute atomic E-state index is 13.9. The first-order valence-electron chi connectivity index (χ1n) is 10.6. The number of aromatic carboxylic acids is 1. The fourth-order valence-electron chi connectivity index (χ4n) is 4.37. The van der Waals surface area contributed by atoms with E-state index in [4.69, 9.17) is 23.2 Å². The van der Waals surface area contributed by atoms with Gasteiger partial charge in [-0.3, -0.25) is 4.79 Å². The number of benzene rings is 2. The van der Waals surface area contributed by atoms with E-state index in [1.165, 1.54) is 11.3 Å². The molecular weight excluding hydrogens is 465 g/mol. The van der Waals surface area contributed by atoms with Crippen LogP contribution >= 0.6 is 34.5 Å². The molecule has 1 heterocycles. The predicted molar refractivity (Wildman–Crippen MR) is 131 cm³/mol. The average Bonchev–Trinajstić information content (AvgIpc) is 3.21. The van der Waals surface area contributed by atoms with Gasteiger partial charge in [0.1, 0.15) is 4.88 Å². The lowest BCUT2D eigenvalue weighted by Crippen LogP contribution is -2.46. The first-order valence-corrected chi connectivity index (χ1v) is 12.1. The predicted octanol–water partition coefficient (Wildman–Crippen LogP) is 7.65. The highest BCUT2D eigenvalue weighted by Gasteiger charge is 2.36. The average molecular weight is 488 g/mol. The molecule has 1 saturated carbocycles. The van der Waals surface area contributed by atoms with E-state index in [1.807, 2.05) is 36.4 Å². The number of carboxylic acids is 1. The number of nitrogens with zero attached hydrogens (tertiary/aromatic N) is 1. The molecule has 4 nitrogen and oxygen atoms in total. The van der Waals surface area contributed by atoms with E-state index < -0.39 is 5.97 Å². The van der Waals surface area contributed by atoms with Crippen LogP contribution < -0.4 is 4.90 Å². The molecule has 1 unspecified atom stereocenters. The highest BCUT2D eigenvalue weighted by Crippen LogP contribution is 2.41. The van der Waals surface area contributed by atoms with Crippen LogP contribution in [0.3, 0.4) is 0 Å². The second-order valence-corrected chi connectivity index (χ2v) is 10.0. The molecule has 0 radical (unpaired) electrons. The molecule has 0 aliphatic heterocycles. The van der Waals surface area contributed by atoms with E-state index in [0.717, 1.165) is 36.1 Å². The van der Waals surface area contributed by atoms with Gasteiger partial charge in [0.2, 0.25) is 0 Å². The minimum Gasteiger partial charge on any atom is -0.477 e. The Balaban J connectivity index is 1.87. The molecule has 0 saturated heterocycles. The molecule has 7 heteroatoms. The summed E-state index contributed by atoms with van der Waals surface area (Å²) in [5, 5.41) is 10.7. The molecule has 166 valence electrons. The Morgan fingerprint density at radius 1 is 1.03 bits per heavy atom. The van der Waals surface area contributed by atoms with Gasteiger partial charge in [-0.05, 0) is 48.6 Å². The van der Waals surface area contributed by atoms with Gasteiger partial charge in [-0.2, -0.15) is 0 Å². The van der Waals surface area contributed by atoms with Crippen LogP contribution in [0.15, 0.2) is 54.6 Å². The Morgan fingerprint density at radius 3 is 2.41 bits per heavy atom. The van der Waals surface area contributed by atoms with Crippen LogP contribution in [0.1, 0.15) is 52.6 Å². The number of anilines is 1. The van der Waals surface area contributed by atoms with Crippen LogP contribution in [0.5, 0.6) is 0 Å². The lowest BCUT2D eigenvalue weighted by Gasteiger charge is -2.38. The molecule has 0 spiro atoms. The molecule has 1 aliphatic carbocycles. The number of carbonyl (C=O) groups is 2. The summed E-state index contributed by atoms with van der Waals surface area (Å²) < 4.78 is 0. The number of rotatable bonds is 5. The van der Waals surface area contributed by atoms with E-state index >= 15 is 0 Å². The van der Waals surface area contributed by atoms with Crippen molar-refractivity contribution in [1.82, 2.24) is 0 Å². The van der Waals surface area contributed by atoms with E-state index in [-0.39, 0.29) is 27.8 Å². The van der Waals surface area contributed by atoms with Gasteiger partial charge in [0.05, 0.1) is 16.3 Å². The number of thiophene rings is 1. The normalized spacial score (nSPS) is 18.3. The largest absolute Gasteiger partial charge is 0.477 e. The van der Waals surface area contributed by atoms with Crippen molar-refractivity contribution in [2.45, 2.75) is 38.6 Å². The Labute approximate surface area is 201 Å². The number of carboxylic acid groups (broad SMARTS) is 1. The highest BCUT2D eigenvalue weighted by atomic mass is 35.5. The smallest absolute Gasteiger partial charge is 0.348 e. The van der Waals surface area contributed by atoms with Crippen molar-refractivity contribution in [3.63, 3.8) is 0 Å². The zero-order chi connectivity index (χ0) is 22.8. The van der Waals surface area contributed by atoms with Gasteiger partial charge >= 0.3 is 5.97 Å². The fraction of sp³-hybridized carbons (Fsp3) is 0.280. The summed E-state index contributed by atoms with van der Waals surface area (Å²) in [6, 6.07) is 16.1. The quantitative estimate of drug-likeness (QED) is 0.401. The topological polar surface area (TPSA) is 57.6 Å². The zero-order valence-corrected chi connectivity index (χ0v) is 19.9. The summed E-state index contributed by atoms with van der Waals surface area (Å²) in [7, 11) is 0. The van der Waals surface area contributed by atoms with Gasteiger partial charge in [0.25, 0.3) is 5.91 Å². The van der Waals surface area contributed by atoms with Crippen LogP contribution in [-0.4, -0.2) is 23.0 Å². The third-order valence-electron chi connectivity index (χ3n) is 6.00. The van der Waals surface area contributed by atoms with Crippen LogP contribution in [0, 0.1) is 5.92 Å². The van der Waals surface area contributed by atoms with E-state index in [1.54, 1.807) is 23.1 Å². The molecular formula is C25H23Cl2NO3S. The molecule has 1 N–H and O–H groups in total. The molecule has 32 heavy (non-hydrogen) atoms. The van der Waals surface area contributed by atoms with E-state index in [0.29, 0.717) is 16.3 Å². The Kier molecular flexibility index (Phi) is 6.89.